The van der Waals surface area contributed by atoms with Crippen LogP contribution in [0.1, 0.15) is 72.9 Å². The van der Waals surface area contributed by atoms with Crippen molar-refractivity contribution in [3.63, 3.8) is 0 Å². The number of carbonyl (C=O) groups excluding carboxylic acids is 1. The molecule has 2 fully saturated rings. The van der Waals surface area contributed by atoms with E-state index >= 15 is 0 Å². The van der Waals surface area contributed by atoms with Gasteiger partial charge in [-0.1, -0.05) is 37.6 Å². The van der Waals surface area contributed by atoms with Crippen molar-refractivity contribution in [2.75, 3.05) is 0 Å². The highest BCUT2D eigenvalue weighted by atomic mass is 16.5. The van der Waals surface area contributed by atoms with Gasteiger partial charge in [0.1, 0.15) is 5.75 Å². The first-order chi connectivity index (χ1) is 13.1. The van der Waals surface area contributed by atoms with Crippen LogP contribution < -0.4 is 4.74 Å². The van der Waals surface area contributed by atoms with Gasteiger partial charge in [0, 0.05) is 0 Å². The molecular formula is C25H28O2. The minimum Gasteiger partial charge on any atom is -0.423 e. The van der Waals surface area contributed by atoms with E-state index in [9.17, 15) is 4.79 Å². The second kappa shape index (κ2) is 6.51. The molecule has 0 N–H and O–H groups in total. The van der Waals surface area contributed by atoms with Crippen molar-refractivity contribution in [2.24, 2.45) is 17.3 Å². The van der Waals surface area contributed by atoms with E-state index < -0.39 is 0 Å². The van der Waals surface area contributed by atoms with Crippen LogP contribution >= 0.6 is 0 Å². The van der Waals surface area contributed by atoms with Crippen molar-refractivity contribution >= 4 is 5.97 Å². The maximum Gasteiger partial charge on any atom is 0.343 e. The van der Waals surface area contributed by atoms with E-state index in [0.717, 1.165) is 18.3 Å². The maximum absolute atomic E-state index is 12.3. The number of carbonyl (C=O) groups is 1. The van der Waals surface area contributed by atoms with Crippen LogP contribution in [-0.4, -0.2) is 5.97 Å². The summed E-state index contributed by atoms with van der Waals surface area (Å²) < 4.78 is 5.65. The van der Waals surface area contributed by atoms with E-state index in [4.69, 9.17) is 4.74 Å². The van der Waals surface area contributed by atoms with Crippen molar-refractivity contribution < 1.29 is 9.53 Å². The Morgan fingerprint density at radius 2 is 1.89 bits per heavy atom. The molecule has 0 aromatic heterocycles. The summed E-state index contributed by atoms with van der Waals surface area (Å²) in [4.78, 5) is 12.3. The van der Waals surface area contributed by atoms with E-state index in [0.29, 0.717) is 22.6 Å². The third kappa shape index (κ3) is 2.90. The molecule has 0 radical (unpaired) electrons. The Balaban J connectivity index is 1.37. The Morgan fingerprint density at radius 1 is 1.04 bits per heavy atom. The molecule has 2 aromatic rings. The van der Waals surface area contributed by atoms with Gasteiger partial charge in [-0.05, 0) is 97.1 Å². The smallest absolute Gasteiger partial charge is 0.343 e. The topological polar surface area (TPSA) is 26.3 Å². The van der Waals surface area contributed by atoms with Crippen LogP contribution in [0, 0.1) is 17.3 Å². The Morgan fingerprint density at radius 3 is 2.74 bits per heavy atom. The average molecular weight is 360 g/mol. The summed E-state index contributed by atoms with van der Waals surface area (Å²) in [5.41, 5.74) is 4.13. The molecule has 5 rings (SSSR count). The standard InChI is InChI=1S/C25H28O2/c1-25-14-5-8-23(25)22-11-9-18-16-19(10-12-20(18)21(22)13-15-25)27-24(26)17-6-3-2-4-7-17/h2-4,6-7,10,12,16,21-23H,5,8-9,11,13-15H2,1H3/t21-,22-,23+,25+/m1/s1. The first-order valence-corrected chi connectivity index (χ1v) is 10.5. The number of benzene rings is 2. The zero-order valence-electron chi connectivity index (χ0n) is 16.1. The quantitative estimate of drug-likeness (QED) is 0.474. The minimum atomic E-state index is -0.274. The summed E-state index contributed by atoms with van der Waals surface area (Å²) in [6.07, 6.45) is 9.41. The van der Waals surface area contributed by atoms with Crippen LogP contribution in [0.2, 0.25) is 0 Å². The molecule has 0 heterocycles. The molecule has 0 bridgehead atoms. The Kier molecular flexibility index (Phi) is 4.11. The van der Waals surface area contributed by atoms with E-state index in [-0.39, 0.29) is 5.97 Å². The highest BCUT2D eigenvalue weighted by Gasteiger charge is 2.50. The van der Waals surface area contributed by atoms with Crippen LogP contribution in [0.4, 0.5) is 0 Å². The molecule has 0 amide bonds. The van der Waals surface area contributed by atoms with Gasteiger partial charge >= 0.3 is 5.97 Å². The van der Waals surface area contributed by atoms with Crippen molar-refractivity contribution in [3.05, 3.63) is 65.2 Å². The van der Waals surface area contributed by atoms with Crippen molar-refractivity contribution in [2.45, 2.75) is 57.8 Å². The van der Waals surface area contributed by atoms with E-state index in [2.05, 4.69) is 19.1 Å². The highest BCUT2D eigenvalue weighted by Crippen LogP contribution is 2.60. The summed E-state index contributed by atoms with van der Waals surface area (Å²) >= 11 is 0. The molecule has 2 nitrogen and oxygen atoms in total. The molecule has 27 heavy (non-hydrogen) atoms. The third-order valence-corrected chi connectivity index (χ3v) is 7.70. The number of rotatable bonds is 2. The van der Waals surface area contributed by atoms with Gasteiger partial charge < -0.3 is 4.74 Å². The summed E-state index contributed by atoms with van der Waals surface area (Å²) in [6, 6.07) is 15.6. The van der Waals surface area contributed by atoms with Crippen molar-refractivity contribution in [1.29, 1.82) is 0 Å². The number of ether oxygens (including phenoxy) is 1. The van der Waals surface area contributed by atoms with Gasteiger partial charge in [-0.15, -0.1) is 0 Å². The Hall–Kier alpha value is -2.09. The Labute approximate surface area is 161 Å². The number of esters is 1. The van der Waals surface area contributed by atoms with Gasteiger partial charge in [0.2, 0.25) is 0 Å². The lowest BCUT2D eigenvalue weighted by atomic mass is 9.56. The van der Waals surface area contributed by atoms with Crippen molar-refractivity contribution in [3.8, 4) is 5.75 Å². The van der Waals surface area contributed by atoms with Crippen molar-refractivity contribution in [1.82, 2.24) is 0 Å². The molecule has 0 unspecified atom stereocenters. The van der Waals surface area contributed by atoms with Gasteiger partial charge in [-0.25, -0.2) is 4.79 Å². The third-order valence-electron chi connectivity index (χ3n) is 7.70. The first kappa shape index (κ1) is 17.0. The van der Waals surface area contributed by atoms with Crippen LogP contribution in [-0.2, 0) is 6.42 Å². The fourth-order valence-corrected chi connectivity index (χ4v) is 6.36. The maximum atomic E-state index is 12.3. The van der Waals surface area contributed by atoms with E-state index in [1.54, 1.807) is 12.1 Å². The van der Waals surface area contributed by atoms with Crippen LogP contribution in [0.5, 0.6) is 5.75 Å². The molecule has 0 saturated heterocycles. The fourth-order valence-electron chi connectivity index (χ4n) is 6.36. The summed E-state index contributed by atoms with van der Waals surface area (Å²) in [6.45, 7) is 2.54. The largest absolute Gasteiger partial charge is 0.423 e. The minimum absolute atomic E-state index is 0.274. The zero-order chi connectivity index (χ0) is 18.4. The molecule has 3 aliphatic carbocycles. The highest BCUT2D eigenvalue weighted by molar-refractivity contribution is 5.91. The summed E-state index contributed by atoms with van der Waals surface area (Å²) in [5.74, 6) is 2.89. The average Bonchev–Trinajstić information content (AvgIpc) is 3.10. The SMILES string of the molecule is C[C@@]12CCC[C@H]1[C@@H]1CCc3cc(OC(=O)c4ccccc4)ccc3[C@H]1CC2. The lowest BCUT2D eigenvalue weighted by Gasteiger charge is -2.49. The summed E-state index contributed by atoms with van der Waals surface area (Å²) in [5, 5.41) is 0. The predicted molar refractivity (Wildman–Crippen MR) is 107 cm³/mol. The lowest BCUT2D eigenvalue weighted by Crippen LogP contribution is -2.39. The molecular weight excluding hydrogens is 332 g/mol. The lowest BCUT2D eigenvalue weighted by molar-refractivity contribution is 0.0597. The molecule has 140 valence electrons. The monoisotopic (exact) mass is 360 g/mol. The second-order valence-corrected chi connectivity index (χ2v) is 9.12. The van der Waals surface area contributed by atoms with Crippen LogP contribution in [0.25, 0.3) is 0 Å². The number of hydrogen-bond donors (Lipinski definition) is 0. The van der Waals surface area contributed by atoms with Gasteiger partial charge in [-0.2, -0.15) is 0 Å². The molecule has 0 aliphatic heterocycles. The van der Waals surface area contributed by atoms with E-state index in [1.807, 2.05) is 24.3 Å². The Bertz CT molecular complexity index is 856. The second-order valence-electron chi connectivity index (χ2n) is 9.12. The molecule has 2 aromatic carbocycles. The van der Waals surface area contributed by atoms with Crippen LogP contribution in [0.3, 0.4) is 0 Å². The normalized spacial score (nSPS) is 31.5. The van der Waals surface area contributed by atoms with Gasteiger partial charge in [0.05, 0.1) is 5.56 Å². The van der Waals surface area contributed by atoms with E-state index in [1.165, 1.54) is 49.7 Å². The molecule has 2 saturated carbocycles. The van der Waals surface area contributed by atoms with Gasteiger partial charge in [-0.3, -0.25) is 0 Å². The molecule has 3 aliphatic rings. The molecule has 0 spiro atoms. The zero-order valence-corrected chi connectivity index (χ0v) is 16.1. The van der Waals surface area contributed by atoms with Gasteiger partial charge in [0.25, 0.3) is 0 Å². The number of hydrogen-bond acceptors (Lipinski definition) is 2. The first-order valence-electron chi connectivity index (χ1n) is 10.5. The fraction of sp³-hybridized carbons (Fsp3) is 0.480. The number of fused-ring (bicyclic) bond motifs is 5. The molecule has 4 atom stereocenters. The van der Waals surface area contributed by atoms with Gasteiger partial charge in [0.15, 0.2) is 0 Å². The predicted octanol–water partition coefficient (Wildman–Crippen LogP) is 6.15. The van der Waals surface area contributed by atoms with Crippen LogP contribution in [0.15, 0.2) is 48.5 Å². The summed E-state index contributed by atoms with van der Waals surface area (Å²) in [7, 11) is 0. The molecule has 2 heteroatoms. The number of aryl methyl sites for hydroxylation is 1.